The van der Waals surface area contributed by atoms with Crippen molar-refractivity contribution in [3.8, 4) is 0 Å². The van der Waals surface area contributed by atoms with Crippen LogP contribution < -0.4 is 11.1 Å². The van der Waals surface area contributed by atoms with Gasteiger partial charge in [0.25, 0.3) is 0 Å². The van der Waals surface area contributed by atoms with Gasteiger partial charge in [-0.15, -0.1) is 11.3 Å². The molecule has 0 saturated carbocycles. The van der Waals surface area contributed by atoms with Gasteiger partial charge in [0, 0.05) is 26.4 Å². The molecule has 1 aromatic carbocycles. The van der Waals surface area contributed by atoms with Crippen LogP contribution in [0, 0.1) is 3.57 Å². The van der Waals surface area contributed by atoms with Crippen LogP contribution in [0.5, 0.6) is 0 Å². The molecule has 84 valence electrons. The summed E-state index contributed by atoms with van der Waals surface area (Å²) in [4.78, 5) is 1.31. The Balaban J connectivity index is 2.04. The summed E-state index contributed by atoms with van der Waals surface area (Å²) >= 11 is 7.48. The predicted octanol–water partition coefficient (Wildman–Crippen LogP) is 4.31. The van der Waals surface area contributed by atoms with Gasteiger partial charge in [-0.1, -0.05) is 0 Å². The number of hydrogen-bond acceptors (Lipinski definition) is 3. The lowest BCUT2D eigenvalue weighted by Gasteiger charge is -2.07. The zero-order chi connectivity index (χ0) is 11.5. The van der Waals surface area contributed by atoms with Crippen molar-refractivity contribution in [1.29, 1.82) is 0 Å². The number of hydrogen-bond donors (Lipinski definition) is 2. The molecule has 0 atom stereocenters. The van der Waals surface area contributed by atoms with Gasteiger partial charge in [0.15, 0.2) is 0 Å². The fourth-order valence-electron chi connectivity index (χ4n) is 1.30. The SMILES string of the molecule is Nc1ccc(NCc2ccc(Br)s2)c(I)c1. The maximum atomic E-state index is 5.70. The minimum absolute atomic E-state index is 0.800. The number of anilines is 2. The van der Waals surface area contributed by atoms with E-state index in [9.17, 15) is 0 Å². The highest BCUT2D eigenvalue weighted by molar-refractivity contribution is 14.1. The van der Waals surface area contributed by atoms with Gasteiger partial charge in [-0.25, -0.2) is 0 Å². The Bertz CT molecular complexity index is 498. The Hall–Kier alpha value is -0.270. The van der Waals surface area contributed by atoms with Crippen LogP contribution in [-0.4, -0.2) is 0 Å². The van der Waals surface area contributed by atoms with Crippen LogP contribution in [0.2, 0.25) is 0 Å². The van der Waals surface area contributed by atoms with E-state index in [1.807, 2.05) is 18.2 Å². The van der Waals surface area contributed by atoms with Crippen molar-refractivity contribution < 1.29 is 0 Å². The van der Waals surface area contributed by atoms with E-state index < -0.39 is 0 Å². The summed E-state index contributed by atoms with van der Waals surface area (Å²) in [5, 5.41) is 3.40. The van der Waals surface area contributed by atoms with Crippen LogP contribution >= 0.6 is 49.9 Å². The molecule has 1 aromatic heterocycles. The van der Waals surface area contributed by atoms with Crippen molar-refractivity contribution in [3.05, 3.63) is 42.6 Å². The second-order valence-electron chi connectivity index (χ2n) is 3.30. The van der Waals surface area contributed by atoms with Crippen molar-refractivity contribution in [1.82, 2.24) is 0 Å². The second-order valence-corrected chi connectivity index (χ2v) is 7.01. The summed E-state index contributed by atoms with van der Waals surface area (Å²) in [5.74, 6) is 0. The first kappa shape index (κ1) is 12.2. The third-order valence-electron chi connectivity index (χ3n) is 2.08. The summed E-state index contributed by atoms with van der Waals surface area (Å²) in [6.45, 7) is 0.843. The van der Waals surface area contributed by atoms with Crippen molar-refractivity contribution >= 4 is 61.2 Å². The van der Waals surface area contributed by atoms with Gasteiger partial charge < -0.3 is 11.1 Å². The molecule has 0 radical (unpaired) electrons. The molecule has 0 aliphatic rings. The highest BCUT2D eigenvalue weighted by Gasteiger charge is 2.01. The summed E-state index contributed by atoms with van der Waals surface area (Å²) in [6.07, 6.45) is 0. The first-order valence-electron chi connectivity index (χ1n) is 4.68. The van der Waals surface area contributed by atoms with Crippen LogP contribution in [0.1, 0.15) is 4.88 Å². The Kier molecular flexibility index (Phi) is 4.10. The molecule has 0 aliphatic carbocycles. The lowest BCUT2D eigenvalue weighted by molar-refractivity contribution is 1.19. The average Bonchev–Trinajstić information content (AvgIpc) is 2.63. The summed E-state index contributed by atoms with van der Waals surface area (Å²) < 4.78 is 2.31. The van der Waals surface area contributed by atoms with E-state index in [2.05, 4.69) is 56.0 Å². The van der Waals surface area contributed by atoms with Gasteiger partial charge in [-0.05, 0) is 68.9 Å². The van der Waals surface area contributed by atoms with E-state index in [4.69, 9.17) is 5.73 Å². The third kappa shape index (κ3) is 3.11. The largest absolute Gasteiger partial charge is 0.399 e. The number of benzene rings is 1. The van der Waals surface area contributed by atoms with Gasteiger partial charge in [0.05, 0.1) is 3.79 Å². The first-order valence-corrected chi connectivity index (χ1v) is 7.37. The van der Waals surface area contributed by atoms with Crippen LogP contribution in [-0.2, 0) is 6.54 Å². The minimum atomic E-state index is 0.800. The van der Waals surface area contributed by atoms with Crippen molar-refractivity contribution in [2.75, 3.05) is 11.1 Å². The number of nitrogen functional groups attached to an aromatic ring is 1. The monoisotopic (exact) mass is 408 g/mol. The Morgan fingerprint density at radius 1 is 1.31 bits per heavy atom. The third-order valence-corrected chi connectivity index (χ3v) is 4.59. The van der Waals surface area contributed by atoms with E-state index in [1.165, 1.54) is 4.88 Å². The quantitative estimate of drug-likeness (QED) is 0.586. The molecule has 5 heteroatoms. The number of nitrogens with one attached hydrogen (secondary N) is 1. The van der Waals surface area contributed by atoms with Crippen LogP contribution in [0.3, 0.4) is 0 Å². The van der Waals surface area contributed by atoms with E-state index in [0.29, 0.717) is 0 Å². The number of nitrogens with two attached hydrogens (primary N) is 1. The fraction of sp³-hybridized carbons (Fsp3) is 0.0909. The minimum Gasteiger partial charge on any atom is -0.399 e. The zero-order valence-corrected chi connectivity index (χ0v) is 12.9. The van der Waals surface area contributed by atoms with E-state index >= 15 is 0 Å². The molecule has 0 unspecified atom stereocenters. The van der Waals surface area contributed by atoms with E-state index in [0.717, 1.165) is 25.3 Å². The van der Waals surface area contributed by atoms with Crippen molar-refractivity contribution in [2.24, 2.45) is 0 Å². The molecule has 3 N–H and O–H groups in total. The fourth-order valence-corrected chi connectivity index (χ4v) is 3.46. The van der Waals surface area contributed by atoms with Gasteiger partial charge in [-0.3, -0.25) is 0 Å². The molecule has 0 saturated heterocycles. The molecule has 0 amide bonds. The van der Waals surface area contributed by atoms with Gasteiger partial charge >= 0.3 is 0 Å². The molecule has 16 heavy (non-hydrogen) atoms. The highest BCUT2D eigenvalue weighted by Crippen LogP contribution is 2.25. The predicted molar refractivity (Wildman–Crippen MR) is 82.9 cm³/mol. The van der Waals surface area contributed by atoms with E-state index in [1.54, 1.807) is 11.3 Å². The van der Waals surface area contributed by atoms with Crippen LogP contribution in [0.15, 0.2) is 34.1 Å². The molecule has 0 aliphatic heterocycles. The standard InChI is InChI=1S/C11H10BrIN2S/c12-11-4-2-8(16-11)6-15-10-3-1-7(14)5-9(10)13/h1-5,15H,6,14H2. The molecular formula is C11H10BrIN2S. The van der Waals surface area contributed by atoms with Crippen molar-refractivity contribution in [3.63, 3.8) is 0 Å². The second kappa shape index (κ2) is 5.37. The maximum Gasteiger partial charge on any atom is 0.0702 e. The molecule has 2 rings (SSSR count). The molecule has 2 aromatic rings. The van der Waals surface area contributed by atoms with Gasteiger partial charge in [0.2, 0.25) is 0 Å². The van der Waals surface area contributed by atoms with Crippen LogP contribution in [0.4, 0.5) is 11.4 Å². The number of rotatable bonds is 3. The summed E-state index contributed by atoms with van der Waals surface area (Å²) in [6, 6.07) is 10.1. The Labute approximate surface area is 121 Å². The summed E-state index contributed by atoms with van der Waals surface area (Å²) in [5.41, 5.74) is 7.63. The Morgan fingerprint density at radius 3 is 2.75 bits per heavy atom. The molecule has 0 spiro atoms. The normalized spacial score (nSPS) is 10.4. The lowest BCUT2D eigenvalue weighted by atomic mass is 10.3. The highest BCUT2D eigenvalue weighted by atomic mass is 127. The smallest absolute Gasteiger partial charge is 0.0702 e. The summed E-state index contributed by atoms with van der Waals surface area (Å²) in [7, 11) is 0. The topological polar surface area (TPSA) is 38.0 Å². The first-order chi connectivity index (χ1) is 7.65. The molecule has 1 heterocycles. The van der Waals surface area contributed by atoms with Gasteiger partial charge in [-0.2, -0.15) is 0 Å². The van der Waals surface area contributed by atoms with Gasteiger partial charge in [0.1, 0.15) is 0 Å². The van der Waals surface area contributed by atoms with E-state index in [-0.39, 0.29) is 0 Å². The van der Waals surface area contributed by atoms with Crippen molar-refractivity contribution in [2.45, 2.75) is 6.54 Å². The molecule has 2 nitrogen and oxygen atoms in total. The number of halogens is 2. The van der Waals surface area contributed by atoms with Crippen LogP contribution in [0.25, 0.3) is 0 Å². The lowest BCUT2D eigenvalue weighted by Crippen LogP contribution is -1.99. The number of thiophene rings is 1. The maximum absolute atomic E-state index is 5.70. The molecular weight excluding hydrogens is 399 g/mol. The molecule has 0 bridgehead atoms. The zero-order valence-electron chi connectivity index (χ0n) is 8.34. The average molecular weight is 409 g/mol. The Morgan fingerprint density at radius 2 is 2.12 bits per heavy atom. The molecule has 0 fully saturated rings.